The van der Waals surface area contributed by atoms with Crippen molar-refractivity contribution >= 4 is 0 Å². The molecule has 0 amide bonds. The zero-order chi connectivity index (χ0) is 21.4. The van der Waals surface area contributed by atoms with Crippen molar-refractivity contribution < 1.29 is 4.48 Å². The molecule has 0 N–H and O–H groups in total. The minimum absolute atomic E-state index is 0.644. The zero-order valence-corrected chi connectivity index (χ0v) is 20.0. The molecule has 0 saturated carbocycles. The summed E-state index contributed by atoms with van der Waals surface area (Å²) in [6.07, 6.45) is 6.31. The molecule has 0 saturated heterocycles. The monoisotopic (exact) mass is 394 g/mol. The number of rotatable bonds is 11. The molecule has 0 aromatic heterocycles. The Labute approximate surface area is 180 Å². The maximum absolute atomic E-state index is 2.39. The van der Waals surface area contributed by atoms with Crippen molar-refractivity contribution in [1.82, 2.24) is 0 Å². The van der Waals surface area contributed by atoms with Gasteiger partial charge >= 0.3 is 0 Å². The molecular formula is C28H44N+. The van der Waals surface area contributed by atoms with Crippen molar-refractivity contribution in [3.63, 3.8) is 0 Å². The molecule has 2 rings (SSSR count). The van der Waals surface area contributed by atoms with Gasteiger partial charge in [0.25, 0.3) is 0 Å². The van der Waals surface area contributed by atoms with E-state index in [9.17, 15) is 0 Å². The number of hydrogen-bond donors (Lipinski definition) is 0. The summed E-state index contributed by atoms with van der Waals surface area (Å²) in [5.74, 6) is 2.00. The Morgan fingerprint density at radius 2 is 1.17 bits per heavy atom. The lowest BCUT2D eigenvalue weighted by molar-refractivity contribution is -0.884. The van der Waals surface area contributed by atoms with Gasteiger partial charge in [0, 0.05) is 5.56 Å². The number of nitrogens with zero attached hydrogens (tertiary/aromatic N) is 1. The van der Waals surface area contributed by atoms with Crippen LogP contribution in [0, 0.1) is 0 Å². The lowest BCUT2D eigenvalue weighted by Crippen LogP contribution is -2.33. The van der Waals surface area contributed by atoms with Gasteiger partial charge in [0.05, 0.1) is 21.1 Å². The van der Waals surface area contributed by atoms with Crippen molar-refractivity contribution in [2.45, 2.75) is 84.1 Å². The van der Waals surface area contributed by atoms with Crippen LogP contribution in [-0.2, 0) is 6.54 Å². The molecule has 0 radical (unpaired) electrons. The molecule has 0 aliphatic heterocycles. The van der Waals surface area contributed by atoms with Gasteiger partial charge in [-0.15, -0.1) is 0 Å². The zero-order valence-electron chi connectivity index (χ0n) is 20.0. The summed E-state index contributed by atoms with van der Waals surface area (Å²) >= 11 is 0. The molecule has 2 aromatic carbocycles. The molecule has 160 valence electrons. The standard InChI is InChI=1S/C28H44N/c1-8-22(3)26-17-19-27(20-18-26)23(4)11-10-12-25(9-2)28-15-13-24(14-16-28)21-29(5,6)7/h13-20,22-23,25H,8-12,21H2,1-7H3/q+1. The molecule has 0 spiro atoms. The number of hydrogen-bond acceptors (Lipinski definition) is 0. The first-order chi connectivity index (χ1) is 13.7. The summed E-state index contributed by atoms with van der Waals surface area (Å²) < 4.78 is 0.979. The van der Waals surface area contributed by atoms with Crippen LogP contribution in [0.3, 0.4) is 0 Å². The number of benzene rings is 2. The average molecular weight is 395 g/mol. The molecular weight excluding hydrogens is 350 g/mol. The first-order valence-corrected chi connectivity index (χ1v) is 11.7. The highest BCUT2D eigenvalue weighted by atomic mass is 15.3. The van der Waals surface area contributed by atoms with Crippen molar-refractivity contribution in [2.24, 2.45) is 0 Å². The van der Waals surface area contributed by atoms with Crippen molar-refractivity contribution in [3.05, 3.63) is 70.8 Å². The Morgan fingerprint density at radius 3 is 1.66 bits per heavy atom. The number of quaternary nitrogens is 1. The van der Waals surface area contributed by atoms with Gasteiger partial charge in [0.15, 0.2) is 0 Å². The van der Waals surface area contributed by atoms with Crippen LogP contribution in [0.5, 0.6) is 0 Å². The fourth-order valence-electron chi connectivity index (χ4n) is 4.28. The maximum atomic E-state index is 2.39. The van der Waals surface area contributed by atoms with E-state index in [-0.39, 0.29) is 0 Å². The molecule has 1 nitrogen and oxygen atoms in total. The average Bonchev–Trinajstić information content (AvgIpc) is 2.70. The van der Waals surface area contributed by atoms with E-state index in [1.54, 1.807) is 0 Å². The molecule has 3 atom stereocenters. The maximum Gasteiger partial charge on any atom is 0.104 e. The molecule has 0 heterocycles. The lowest BCUT2D eigenvalue weighted by Gasteiger charge is -2.24. The normalized spacial score (nSPS) is 15.1. The Morgan fingerprint density at radius 1 is 0.655 bits per heavy atom. The van der Waals surface area contributed by atoms with Gasteiger partial charge in [-0.2, -0.15) is 0 Å². The van der Waals surface area contributed by atoms with Crippen molar-refractivity contribution in [2.75, 3.05) is 21.1 Å². The molecule has 29 heavy (non-hydrogen) atoms. The van der Waals surface area contributed by atoms with Crippen molar-refractivity contribution in [1.29, 1.82) is 0 Å². The summed E-state index contributed by atoms with van der Waals surface area (Å²) in [6, 6.07) is 18.8. The Kier molecular flexibility index (Phi) is 8.96. The van der Waals surface area contributed by atoms with E-state index >= 15 is 0 Å². The highest BCUT2D eigenvalue weighted by Crippen LogP contribution is 2.30. The van der Waals surface area contributed by atoms with E-state index in [2.05, 4.69) is 97.4 Å². The van der Waals surface area contributed by atoms with Gasteiger partial charge in [-0.1, -0.05) is 82.6 Å². The molecule has 2 aromatic rings. The quantitative estimate of drug-likeness (QED) is 0.340. The highest BCUT2D eigenvalue weighted by Gasteiger charge is 2.13. The van der Waals surface area contributed by atoms with E-state index in [0.29, 0.717) is 17.8 Å². The first kappa shape index (κ1) is 23.7. The minimum atomic E-state index is 0.644. The third-order valence-electron chi connectivity index (χ3n) is 6.48. The van der Waals surface area contributed by atoms with Gasteiger partial charge in [-0.3, -0.25) is 0 Å². The van der Waals surface area contributed by atoms with Gasteiger partial charge in [-0.25, -0.2) is 0 Å². The molecule has 1 heteroatoms. The second-order valence-electron chi connectivity index (χ2n) is 10.1. The summed E-state index contributed by atoms with van der Waals surface area (Å²) in [6.45, 7) is 10.4. The van der Waals surface area contributed by atoms with E-state index in [1.807, 2.05) is 0 Å². The van der Waals surface area contributed by atoms with Crippen LogP contribution in [0.4, 0.5) is 0 Å². The Balaban J connectivity index is 1.87. The Bertz CT molecular complexity index is 705. The lowest BCUT2D eigenvalue weighted by atomic mass is 9.87. The van der Waals surface area contributed by atoms with E-state index in [0.717, 1.165) is 11.0 Å². The van der Waals surface area contributed by atoms with Crippen LogP contribution in [0.15, 0.2) is 48.5 Å². The summed E-state index contributed by atoms with van der Waals surface area (Å²) in [5, 5.41) is 0. The predicted molar refractivity (Wildman–Crippen MR) is 129 cm³/mol. The second-order valence-corrected chi connectivity index (χ2v) is 10.1. The van der Waals surface area contributed by atoms with Gasteiger partial charge in [0.2, 0.25) is 0 Å². The third-order valence-corrected chi connectivity index (χ3v) is 6.48. The van der Waals surface area contributed by atoms with Crippen LogP contribution in [0.25, 0.3) is 0 Å². The van der Waals surface area contributed by atoms with E-state index in [1.165, 1.54) is 54.4 Å². The smallest absolute Gasteiger partial charge is 0.104 e. The topological polar surface area (TPSA) is 0 Å². The van der Waals surface area contributed by atoms with Gasteiger partial charge in [-0.05, 0) is 60.1 Å². The summed E-state index contributed by atoms with van der Waals surface area (Å²) in [4.78, 5) is 0. The van der Waals surface area contributed by atoms with E-state index < -0.39 is 0 Å². The van der Waals surface area contributed by atoms with Crippen LogP contribution >= 0.6 is 0 Å². The first-order valence-electron chi connectivity index (χ1n) is 11.7. The predicted octanol–water partition coefficient (Wildman–Crippen LogP) is 7.87. The molecule has 0 aliphatic carbocycles. The molecule has 3 unspecified atom stereocenters. The molecule has 0 bridgehead atoms. The van der Waals surface area contributed by atoms with Gasteiger partial charge < -0.3 is 4.48 Å². The summed E-state index contributed by atoms with van der Waals surface area (Å²) in [5.41, 5.74) is 5.92. The van der Waals surface area contributed by atoms with Crippen LogP contribution < -0.4 is 0 Å². The van der Waals surface area contributed by atoms with Crippen molar-refractivity contribution in [3.8, 4) is 0 Å². The van der Waals surface area contributed by atoms with Crippen LogP contribution in [-0.4, -0.2) is 25.6 Å². The molecule has 0 fully saturated rings. The van der Waals surface area contributed by atoms with E-state index in [4.69, 9.17) is 0 Å². The largest absolute Gasteiger partial charge is 0.327 e. The van der Waals surface area contributed by atoms with Crippen LogP contribution in [0.1, 0.15) is 99.8 Å². The van der Waals surface area contributed by atoms with Crippen LogP contribution in [0.2, 0.25) is 0 Å². The summed E-state index contributed by atoms with van der Waals surface area (Å²) in [7, 11) is 6.76. The fraction of sp³-hybridized carbons (Fsp3) is 0.571. The molecule has 0 aliphatic rings. The second kappa shape index (κ2) is 11.0. The van der Waals surface area contributed by atoms with Gasteiger partial charge in [0.1, 0.15) is 6.54 Å². The highest BCUT2D eigenvalue weighted by molar-refractivity contribution is 5.27. The fourth-order valence-corrected chi connectivity index (χ4v) is 4.28. The Hall–Kier alpha value is -1.60. The minimum Gasteiger partial charge on any atom is -0.327 e. The third kappa shape index (κ3) is 7.63. The SMILES string of the molecule is CCC(C)c1ccc(C(C)CCCC(CC)c2ccc(C[N+](C)(C)C)cc2)cc1.